The van der Waals surface area contributed by atoms with Gasteiger partial charge >= 0.3 is 0 Å². The van der Waals surface area contributed by atoms with Crippen molar-refractivity contribution in [1.82, 2.24) is 15.0 Å². The van der Waals surface area contributed by atoms with Crippen LogP contribution in [0.15, 0.2) is 186 Å². The lowest BCUT2D eigenvalue weighted by atomic mass is 9.93. The molecule has 232 valence electrons. The molecule has 0 bridgehead atoms. The molecule has 4 aromatic carbocycles. The molecular formula is C43H35N5. The number of hydrogen-bond acceptors (Lipinski definition) is 5. The summed E-state index contributed by atoms with van der Waals surface area (Å²) < 4.78 is 0. The molecule has 2 aliphatic carbocycles. The van der Waals surface area contributed by atoms with E-state index >= 15 is 0 Å². The number of aromatic nitrogens is 3. The minimum atomic E-state index is 0.545. The maximum Gasteiger partial charge on any atom is 0.240 e. The molecule has 0 unspecified atom stereocenters. The van der Waals surface area contributed by atoms with Crippen molar-refractivity contribution in [3.8, 4) is 22.5 Å². The molecule has 0 atom stereocenters. The highest BCUT2D eigenvalue weighted by Gasteiger charge is 2.29. The van der Waals surface area contributed by atoms with Crippen molar-refractivity contribution in [1.29, 1.82) is 0 Å². The minimum absolute atomic E-state index is 0.545. The highest BCUT2D eigenvalue weighted by Crippen LogP contribution is 2.41. The molecule has 48 heavy (non-hydrogen) atoms. The fourth-order valence-electron chi connectivity index (χ4n) is 6.43. The van der Waals surface area contributed by atoms with Gasteiger partial charge in [-0.3, -0.25) is 9.80 Å². The first-order valence-corrected chi connectivity index (χ1v) is 16.6. The van der Waals surface area contributed by atoms with E-state index in [2.05, 4.69) is 143 Å². The Bertz CT molecular complexity index is 2120. The van der Waals surface area contributed by atoms with Gasteiger partial charge in [-0.05, 0) is 78.0 Å². The summed E-state index contributed by atoms with van der Waals surface area (Å²) in [5.41, 5.74) is 9.81. The van der Waals surface area contributed by atoms with E-state index in [9.17, 15) is 0 Å². The molecule has 1 aliphatic heterocycles. The zero-order valence-corrected chi connectivity index (χ0v) is 26.7. The molecular weight excluding hydrogens is 587 g/mol. The topological polar surface area (TPSA) is 45.2 Å². The Kier molecular flexibility index (Phi) is 8.16. The molecule has 0 radical (unpaired) electrons. The summed E-state index contributed by atoms with van der Waals surface area (Å²) in [4.78, 5) is 20.1. The van der Waals surface area contributed by atoms with E-state index in [0.717, 1.165) is 65.1 Å². The van der Waals surface area contributed by atoms with Crippen molar-refractivity contribution in [2.45, 2.75) is 25.7 Å². The standard InChI is InChI=1S/C43H35N5/c1-2-15-28-39-35(22-7-1)30-36-23-12-5-16-29-40(36)48(39)43-45-41(33-20-10-4-11-21-33)44-42(46-43)47(37-25-13-6-14-26-37)38-27-17-24-34(31-38)32-18-8-3-9-19-32/h3-4,6-29,31H,1-2,5,30H2/b22-7-,28-15?. The van der Waals surface area contributed by atoms with Gasteiger partial charge < -0.3 is 0 Å². The van der Waals surface area contributed by atoms with Crippen molar-refractivity contribution in [3.63, 3.8) is 0 Å². The van der Waals surface area contributed by atoms with E-state index in [1.54, 1.807) is 0 Å². The Morgan fingerprint density at radius 2 is 1.08 bits per heavy atom. The van der Waals surface area contributed by atoms with Crippen molar-refractivity contribution in [3.05, 3.63) is 186 Å². The monoisotopic (exact) mass is 621 g/mol. The lowest BCUT2D eigenvalue weighted by Gasteiger charge is -2.33. The van der Waals surface area contributed by atoms with Gasteiger partial charge in [0.25, 0.3) is 0 Å². The minimum Gasteiger partial charge on any atom is -0.279 e. The van der Waals surface area contributed by atoms with E-state index < -0.39 is 0 Å². The largest absolute Gasteiger partial charge is 0.279 e. The maximum absolute atomic E-state index is 5.35. The van der Waals surface area contributed by atoms with E-state index in [1.165, 1.54) is 11.1 Å². The second-order valence-corrected chi connectivity index (χ2v) is 12.0. The van der Waals surface area contributed by atoms with Crippen molar-refractivity contribution < 1.29 is 0 Å². The van der Waals surface area contributed by atoms with Crippen LogP contribution in [0.2, 0.25) is 0 Å². The predicted octanol–water partition coefficient (Wildman–Crippen LogP) is 10.8. The third-order valence-electron chi connectivity index (χ3n) is 8.75. The van der Waals surface area contributed by atoms with Gasteiger partial charge in [-0.15, -0.1) is 0 Å². The molecule has 5 aromatic rings. The Labute approximate surface area is 282 Å². The zero-order valence-electron chi connectivity index (χ0n) is 26.7. The van der Waals surface area contributed by atoms with Crippen LogP contribution in [0.25, 0.3) is 22.5 Å². The summed E-state index contributed by atoms with van der Waals surface area (Å²) in [6, 6.07) is 39.6. The van der Waals surface area contributed by atoms with Crippen LogP contribution in [0.3, 0.4) is 0 Å². The quantitative estimate of drug-likeness (QED) is 0.189. The lowest BCUT2D eigenvalue weighted by molar-refractivity contribution is 0.909. The summed E-state index contributed by atoms with van der Waals surface area (Å²) >= 11 is 0. The lowest BCUT2D eigenvalue weighted by Crippen LogP contribution is -2.29. The SMILES string of the molecule is C1=CC2=C(C=CC1)N(c1nc(-c3ccccc3)nc(N(c3ccccc3)c3cccc(-c4ccccc4)c3)n1)C1=C(/C=C\CCC=C1)C2. The Hall–Kier alpha value is -6.07. The summed E-state index contributed by atoms with van der Waals surface area (Å²) in [7, 11) is 0. The van der Waals surface area contributed by atoms with Gasteiger partial charge in [-0.1, -0.05) is 127 Å². The fraction of sp³-hybridized carbons (Fsp3) is 0.0930. The highest BCUT2D eigenvalue weighted by atomic mass is 15.4. The highest BCUT2D eigenvalue weighted by molar-refractivity contribution is 5.79. The number of allylic oxidation sites excluding steroid dienone is 10. The van der Waals surface area contributed by atoms with Gasteiger partial charge in [0.2, 0.25) is 11.9 Å². The normalized spacial score (nSPS) is 16.1. The molecule has 5 nitrogen and oxygen atoms in total. The molecule has 0 saturated carbocycles. The van der Waals surface area contributed by atoms with E-state index in [0.29, 0.717) is 17.7 Å². The number of rotatable bonds is 6. The molecule has 5 heteroatoms. The molecule has 1 aromatic heterocycles. The molecule has 0 saturated heterocycles. The number of para-hydroxylation sites is 1. The summed E-state index contributed by atoms with van der Waals surface area (Å²) in [6.45, 7) is 0. The molecule has 0 amide bonds. The van der Waals surface area contributed by atoms with Crippen molar-refractivity contribution >= 4 is 23.3 Å². The van der Waals surface area contributed by atoms with Crippen LogP contribution < -0.4 is 9.80 Å². The number of nitrogens with zero attached hydrogens (tertiary/aromatic N) is 5. The van der Waals surface area contributed by atoms with Crippen LogP contribution in [0.5, 0.6) is 0 Å². The van der Waals surface area contributed by atoms with Crippen LogP contribution in [-0.2, 0) is 0 Å². The first-order chi connectivity index (χ1) is 23.8. The summed E-state index contributed by atoms with van der Waals surface area (Å²) in [6.07, 6.45) is 21.7. The van der Waals surface area contributed by atoms with Crippen LogP contribution in [-0.4, -0.2) is 15.0 Å². The van der Waals surface area contributed by atoms with Crippen LogP contribution in [0.1, 0.15) is 25.7 Å². The van der Waals surface area contributed by atoms with Gasteiger partial charge in [0, 0.05) is 23.4 Å². The zero-order chi connectivity index (χ0) is 32.1. The van der Waals surface area contributed by atoms with Crippen LogP contribution in [0, 0.1) is 0 Å². The van der Waals surface area contributed by atoms with Crippen LogP contribution in [0.4, 0.5) is 23.3 Å². The van der Waals surface area contributed by atoms with Gasteiger partial charge in [-0.25, -0.2) is 0 Å². The predicted molar refractivity (Wildman–Crippen MR) is 197 cm³/mol. The second-order valence-electron chi connectivity index (χ2n) is 12.0. The number of anilines is 4. The van der Waals surface area contributed by atoms with Crippen molar-refractivity contribution in [2.24, 2.45) is 0 Å². The second kappa shape index (κ2) is 13.3. The van der Waals surface area contributed by atoms with E-state index in [4.69, 9.17) is 15.0 Å². The third-order valence-corrected chi connectivity index (χ3v) is 8.75. The first-order valence-electron chi connectivity index (χ1n) is 16.6. The average Bonchev–Trinajstić information content (AvgIpc) is 3.38. The smallest absolute Gasteiger partial charge is 0.240 e. The Morgan fingerprint density at radius 3 is 1.83 bits per heavy atom. The first kappa shape index (κ1) is 29.3. The molecule has 8 rings (SSSR count). The van der Waals surface area contributed by atoms with E-state index in [-0.39, 0.29) is 0 Å². The van der Waals surface area contributed by atoms with Gasteiger partial charge in [-0.2, -0.15) is 15.0 Å². The summed E-state index contributed by atoms with van der Waals surface area (Å²) in [5, 5.41) is 0. The van der Waals surface area contributed by atoms with E-state index in [1.807, 2.05) is 30.3 Å². The maximum atomic E-state index is 5.35. The Balaban J connectivity index is 1.37. The molecule has 3 aliphatic rings. The Morgan fingerprint density at radius 1 is 0.500 bits per heavy atom. The van der Waals surface area contributed by atoms with Crippen molar-refractivity contribution in [2.75, 3.05) is 9.80 Å². The number of benzene rings is 4. The summed E-state index contributed by atoms with van der Waals surface area (Å²) in [5.74, 6) is 1.74. The average molecular weight is 622 g/mol. The molecule has 0 N–H and O–H groups in total. The van der Waals surface area contributed by atoms with Crippen LogP contribution >= 0.6 is 0 Å². The van der Waals surface area contributed by atoms with Gasteiger partial charge in [0.05, 0.1) is 11.4 Å². The number of hydrogen-bond donors (Lipinski definition) is 0. The van der Waals surface area contributed by atoms with Gasteiger partial charge in [0.15, 0.2) is 5.82 Å². The fourth-order valence-corrected chi connectivity index (χ4v) is 6.43. The molecule has 0 fully saturated rings. The third kappa shape index (κ3) is 5.94. The molecule has 2 heterocycles. The molecule has 0 spiro atoms. The van der Waals surface area contributed by atoms with Gasteiger partial charge in [0.1, 0.15) is 0 Å².